The van der Waals surface area contributed by atoms with Crippen molar-refractivity contribution >= 4 is 17.6 Å². The molecule has 2 aromatic rings. The van der Waals surface area contributed by atoms with Gasteiger partial charge in [0.1, 0.15) is 5.82 Å². The van der Waals surface area contributed by atoms with Crippen LogP contribution in [0.3, 0.4) is 0 Å². The Kier molecular flexibility index (Phi) is 4.28. The number of carbonyl (C=O) groups is 1. The Bertz CT molecular complexity index is 729. The molecule has 0 radical (unpaired) electrons. The third kappa shape index (κ3) is 2.76. The number of pyridine rings is 1. The Labute approximate surface area is 127 Å². The number of aryl methyl sites for hydroxylation is 2. The first kappa shape index (κ1) is 15.4. The SMILES string of the molecule is COC(=O)c1nc(-c2ccc(C)c(C)c2F)cc(C)c1Cl. The lowest BCUT2D eigenvalue weighted by Gasteiger charge is -2.11. The molecule has 110 valence electrons. The zero-order valence-electron chi connectivity index (χ0n) is 12.3. The van der Waals surface area contributed by atoms with E-state index in [1.165, 1.54) is 7.11 Å². The van der Waals surface area contributed by atoms with Gasteiger partial charge in [-0.1, -0.05) is 17.7 Å². The van der Waals surface area contributed by atoms with Crippen molar-refractivity contribution in [2.75, 3.05) is 7.11 Å². The molecule has 0 amide bonds. The zero-order valence-corrected chi connectivity index (χ0v) is 13.0. The van der Waals surface area contributed by atoms with Gasteiger partial charge in [-0.25, -0.2) is 14.2 Å². The monoisotopic (exact) mass is 307 g/mol. The maximum absolute atomic E-state index is 14.4. The first-order valence-electron chi connectivity index (χ1n) is 6.38. The van der Waals surface area contributed by atoms with Crippen LogP contribution in [0.2, 0.25) is 5.02 Å². The average Bonchev–Trinajstić information content (AvgIpc) is 2.47. The van der Waals surface area contributed by atoms with E-state index in [1.807, 2.05) is 13.0 Å². The number of benzene rings is 1. The Balaban J connectivity index is 2.68. The highest BCUT2D eigenvalue weighted by Gasteiger charge is 2.19. The van der Waals surface area contributed by atoms with Gasteiger partial charge in [0.25, 0.3) is 0 Å². The number of hydrogen-bond donors (Lipinski definition) is 0. The highest BCUT2D eigenvalue weighted by Crippen LogP contribution is 2.29. The number of nitrogens with zero attached hydrogens (tertiary/aromatic N) is 1. The molecule has 0 saturated carbocycles. The molecule has 0 atom stereocenters. The summed E-state index contributed by atoms with van der Waals surface area (Å²) in [7, 11) is 1.25. The summed E-state index contributed by atoms with van der Waals surface area (Å²) in [5.74, 6) is -0.991. The van der Waals surface area contributed by atoms with Gasteiger partial charge in [-0.15, -0.1) is 0 Å². The smallest absolute Gasteiger partial charge is 0.358 e. The van der Waals surface area contributed by atoms with Crippen LogP contribution >= 0.6 is 11.6 Å². The molecule has 0 N–H and O–H groups in total. The minimum Gasteiger partial charge on any atom is -0.464 e. The molecule has 5 heteroatoms. The summed E-state index contributed by atoms with van der Waals surface area (Å²) >= 11 is 6.07. The first-order chi connectivity index (χ1) is 9.86. The van der Waals surface area contributed by atoms with Crippen LogP contribution in [-0.4, -0.2) is 18.1 Å². The molecule has 3 nitrogen and oxygen atoms in total. The van der Waals surface area contributed by atoms with Gasteiger partial charge < -0.3 is 4.74 Å². The van der Waals surface area contributed by atoms with Crippen LogP contribution in [0.15, 0.2) is 18.2 Å². The minimum atomic E-state index is -0.644. The number of rotatable bonds is 2. The Morgan fingerprint density at radius 2 is 1.90 bits per heavy atom. The fourth-order valence-corrected chi connectivity index (χ4v) is 2.18. The molecule has 0 aliphatic heterocycles. The van der Waals surface area contributed by atoms with Gasteiger partial charge in [0.05, 0.1) is 17.8 Å². The predicted octanol–water partition coefficient (Wildman–Crippen LogP) is 4.25. The number of esters is 1. The van der Waals surface area contributed by atoms with Crippen molar-refractivity contribution in [2.45, 2.75) is 20.8 Å². The van der Waals surface area contributed by atoms with Gasteiger partial charge in [0, 0.05) is 5.56 Å². The van der Waals surface area contributed by atoms with Gasteiger partial charge >= 0.3 is 5.97 Å². The molecule has 21 heavy (non-hydrogen) atoms. The van der Waals surface area contributed by atoms with E-state index in [1.54, 1.807) is 26.0 Å². The lowest BCUT2D eigenvalue weighted by atomic mass is 10.0. The summed E-state index contributed by atoms with van der Waals surface area (Å²) in [5, 5.41) is 0.217. The minimum absolute atomic E-state index is 0.00760. The fourth-order valence-electron chi connectivity index (χ4n) is 2.01. The third-order valence-electron chi connectivity index (χ3n) is 3.45. The van der Waals surface area contributed by atoms with Crippen LogP contribution < -0.4 is 0 Å². The number of aromatic nitrogens is 1. The molecule has 0 aliphatic carbocycles. The van der Waals surface area contributed by atoms with Crippen molar-refractivity contribution in [2.24, 2.45) is 0 Å². The predicted molar refractivity (Wildman–Crippen MR) is 80.2 cm³/mol. The van der Waals surface area contributed by atoms with Gasteiger partial charge in [0.2, 0.25) is 0 Å². The molecule has 1 aromatic heterocycles. The van der Waals surface area contributed by atoms with E-state index in [0.29, 0.717) is 22.4 Å². The molecule has 1 heterocycles. The van der Waals surface area contributed by atoms with Crippen molar-refractivity contribution in [1.82, 2.24) is 4.98 Å². The number of methoxy groups -OCH3 is 1. The highest BCUT2D eigenvalue weighted by atomic mass is 35.5. The third-order valence-corrected chi connectivity index (χ3v) is 3.93. The van der Waals surface area contributed by atoms with E-state index in [-0.39, 0.29) is 16.5 Å². The number of ether oxygens (including phenoxy) is 1. The molecule has 0 fully saturated rings. The average molecular weight is 308 g/mol. The Morgan fingerprint density at radius 3 is 2.52 bits per heavy atom. The highest BCUT2D eigenvalue weighted by molar-refractivity contribution is 6.34. The van der Waals surface area contributed by atoms with Crippen LogP contribution in [0.5, 0.6) is 0 Å². The van der Waals surface area contributed by atoms with E-state index in [2.05, 4.69) is 9.72 Å². The molecule has 0 saturated heterocycles. The lowest BCUT2D eigenvalue weighted by molar-refractivity contribution is 0.0594. The van der Waals surface area contributed by atoms with Crippen LogP contribution in [0, 0.1) is 26.6 Å². The molecule has 1 aromatic carbocycles. The Hall–Kier alpha value is -1.94. The largest absolute Gasteiger partial charge is 0.464 e. The van der Waals surface area contributed by atoms with Crippen molar-refractivity contribution in [3.63, 3.8) is 0 Å². The number of halogens is 2. The topological polar surface area (TPSA) is 39.2 Å². The molecular formula is C16H15ClFNO2. The van der Waals surface area contributed by atoms with Crippen molar-refractivity contribution < 1.29 is 13.9 Å². The van der Waals surface area contributed by atoms with Crippen LogP contribution in [-0.2, 0) is 4.74 Å². The van der Waals surface area contributed by atoms with E-state index in [0.717, 1.165) is 5.56 Å². The van der Waals surface area contributed by atoms with E-state index >= 15 is 0 Å². The second-order valence-corrected chi connectivity index (χ2v) is 5.23. The lowest BCUT2D eigenvalue weighted by Crippen LogP contribution is -2.07. The molecular weight excluding hydrogens is 293 g/mol. The quantitative estimate of drug-likeness (QED) is 0.778. The first-order valence-corrected chi connectivity index (χ1v) is 6.76. The molecule has 0 bridgehead atoms. The summed E-state index contributed by atoms with van der Waals surface area (Å²) in [6.07, 6.45) is 0. The fraction of sp³-hybridized carbons (Fsp3) is 0.250. The summed E-state index contributed by atoms with van der Waals surface area (Å²) in [6, 6.07) is 5.12. The van der Waals surface area contributed by atoms with Crippen molar-refractivity contribution in [1.29, 1.82) is 0 Å². The van der Waals surface area contributed by atoms with Gasteiger partial charge in [-0.2, -0.15) is 0 Å². The van der Waals surface area contributed by atoms with Crippen LogP contribution in [0.4, 0.5) is 4.39 Å². The number of carbonyl (C=O) groups excluding carboxylic acids is 1. The standard InChI is InChI=1S/C16H15ClFNO2/c1-8-5-6-11(14(18)10(8)3)12-7-9(2)13(17)15(19-12)16(20)21-4/h5-7H,1-4H3. The van der Waals surface area contributed by atoms with Gasteiger partial charge in [-0.3, -0.25) is 0 Å². The van der Waals surface area contributed by atoms with Crippen LogP contribution in [0.1, 0.15) is 27.2 Å². The summed E-state index contributed by atoms with van der Waals surface area (Å²) < 4.78 is 19.1. The van der Waals surface area contributed by atoms with Crippen molar-refractivity contribution in [3.05, 3.63) is 51.4 Å². The van der Waals surface area contributed by atoms with Crippen LogP contribution in [0.25, 0.3) is 11.3 Å². The van der Waals surface area contributed by atoms with Crippen molar-refractivity contribution in [3.8, 4) is 11.3 Å². The Morgan fingerprint density at radius 1 is 1.24 bits per heavy atom. The molecule has 0 aliphatic rings. The normalized spacial score (nSPS) is 10.6. The zero-order chi connectivity index (χ0) is 15.7. The number of hydrogen-bond acceptors (Lipinski definition) is 3. The van der Waals surface area contributed by atoms with E-state index in [9.17, 15) is 9.18 Å². The molecule has 2 rings (SSSR count). The second-order valence-electron chi connectivity index (χ2n) is 4.85. The van der Waals surface area contributed by atoms with E-state index < -0.39 is 5.97 Å². The second kappa shape index (κ2) is 5.82. The summed E-state index contributed by atoms with van der Waals surface area (Å²) in [4.78, 5) is 15.9. The molecule has 0 spiro atoms. The molecule has 0 unspecified atom stereocenters. The maximum Gasteiger partial charge on any atom is 0.358 e. The summed E-state index contributed by atoms with van der Waals surface area (Å²) in [5.41, 5.74) is 2.74. The van der Waals surface area contributed by atoms with E-state index in [4.69, 9.17) is 11.6 Å². The van der Waals surface area contributed by atoms with Gasteiger partial charge in [0.15, 0.2) is 5.69 Å². The summed E-state index contributed by atoms with van der Waals surface area (Å²) in [6.45, 7) is 5.28. The van der Waals surface area contributed by atoms with Gasteiger partial charge in [-0.05, 0) is 49.6 Å². The maximum atomic E-state index is 14.4.